The van der Waals surface area contributed by atoms with Gasteiger partial charge in [0.1, 0.15) is 0 Å². The molecule has 2 aromatic carbocycles. The molecule has 1 aromatic heterocycles. The summed E-state index contributed by atoms with van der Waals surface area (Å²) in [6.07, 6.45) is 0.411. The van der Waals surface area contributed by atoms with Gasteiger partial charge >= 0.3 is 0 Å². The molecule has 4 nitrogen and oxygen atoms in total. The van der Waals surface area contributed by atoms with Gasteiger partial charge in [0.05, 0.1) is 0 Å². The molecule has 0 spiro atoms. The van der Waals surface area contributed by atoms with E-state index in [1.165, 1.54) is 0 Å². The number of anilines is 1. The van der Waals surface area contributed by atoms with E-state index in [2.05, 4.69) is 10.3 Å². The quantitative estimate of drug-likeness (QED) is 0.693. The van der Waals surface area contributed by atoms with Gasteiger partial charge < -0.3 is 15.4 Å². The molecule has 0 radical (unpaired) electrons. The molecular formula is C16H13ClN2O2. The van der Waals surface area contributed by atoms with Gasteiger partial charge in [-0.25, -0.2) is 0 Å². The molecule has 0 aliphatic heterocycles. The summed E-state index contributed by atoms with van der Waals surface area (Å²) in [6.45, 7) is 0. The molecule has 1 heterocycles. The fourth-order valence-corrected chi connectivity index (χ4v) is 2.33. The molecule has 5 heteroatoms. The maximum Gasteiger partial charge on any atom is 0.257 e. The van der Waals surface area contributed by atoms with Gasteiger partial charge in [-0.05, 0) is 30.3 Å². The van der Waals surface area contributed by atoms with Crippen LogP contribution >= 0.6 is 11.6 Å². The van der Waals surface area contributed by atoms with Crippen molar-refractivity contribution in [2.24, 2.45) is 0 Å². The minimum Gasteiger partial charge on any atom is -0.378 e. The van der Waals surface area contributed by atoms with Crippen molar-refractivity contribution in [3.05, 3.63) is 65.3 Å². The molecular weight excluding hydrogens is 288 g/mol. The molecule has 1 unspecified atom stereocenters. The number of aromatic nitrogens is 1. The Bertz CT molecular complexity index is 780. The number of halogens is 1. The highest BCUT2D eigenvalue weighted by atomic mass is 35.5. The van der Waals surface area contributed by atoms with Crippen molar-refractivity contribution in [3.63, 3.8) is 0 Å². The van der Waals surface area contributed by atoms with Crippen molar-refractivity contribution < 1.29 is 9.90 Å². The summed E-state index contributed by atoms with van der Waals surface area (Å²) in [5.74, 6) is -0.484. The van der Waals surface area contributed by atoms with Crippen LogP contribution in [0.4, 0.5) is 5.69 Å². The summed E-state index contributed by atoms with van der Waals surface area (Å²) < 4.78 is 0. The Morgan fingerprint density at radius 3 is 2.62 bits per heavy atom. The van der Waals surface area contributed by atoms with Crippen LogP contribution in [0.25, 0.3) is 10.9 Å². The van der Waals surface area contributed by atoms with Crippen molar-refractivity contribution in [2.45, 2.75) is 6.10 Å². The number of amides is 1. The number of fused-ring (bicyclic) bond motifs is 1. The highest BCUT2D eigenvalue weighted by Crippen LogP contribution is 2.25. The Balaban J connectivity index is 1.82. The minimum atomic E-state index is -1.24. The maximum absolute atomic E-state index is 12.1. The van der Waals surface area contributed by atoms with Gasteiger partial charge in [-0.15, -0.1) is 0 Å². The fraction of sp³-hybridized carbons (Fsp3) is 0.0625. The first-order valence-corrected chi connectivity index (χ1v) is 6.83. The lowest BCUT2D eigenvalue weighted by Gasteiger charge is -2.11. The number of H-pyrrole nitrogens is 1. The molecule has 0 bridgehead atoms. The average Bonchev–Trinajstić information content (AvgIpc) is 2.92. The van der Waals surface area contributed by atoms with E-state index in [0.29, 0.717) is 16.3 Å². The van der Waals surface area contributed by atoms with Crippen molar-refractivity contribution in [1.29, 1.82) is 0 Å². The van der Waals surface area contributed by atoms with Gasteiger partial charge in [0.25, 0.3) is 5.91 Å². The normalized spacial score (nSPS) is 12.3. The second-order valence-electron chi connectivity index (χ2n) is 4.69. The van der Waals surface area contributed by atoms with Gasteiger partial charge in [-0.2, -0.15) is 0 Å². The fourth-order valence-electron chi connectivity index (χ4n) is 2.21. The van der Waals surface area contributed by atoms with Gasteiger partial charge in [0, 0.05) is 33.4 Å². The molecule has 3 rings (SSSR count). The Morgan fingerprint density at radius 2 is 1.86 bits per heavy atom. The Kier molecular flexibility index (Phi) is 3.64. The predicted molar refractivity (Wildman–Crippen MR) is 83.3 cm³/mol. The Morgan fingerprint density at radius 1 is 1.14 bits per heavy atom. The second-order valence-corrected chi connectivity index (χ2v) is 5.12. The zero-order chi connectivity index (χ0) is 14.8. The van der Waals surface area contributed by atoms with Crippen LogP contribution in [0.15, 0.2) is 54.7 Å². The third kappa shape index (κ3) is 2.77. The second kappa shape index (κ2) is 5.60. The number of carbonyl (C=O) groups is 1. The van der Waals surface area contributed by atoms with E-state index in [1.807, 2.05) is 24.3 Å². The largest absolute Gasteiger partial charge is 0.378 e. The van der Waals surface area contributed by atoms with E-state index in [0.717, 1.165) is 10.9 Å². The zero-order valence-electron chi connectivity index (χ0n) is 11.0. The molecule has 106 valence electrons. The summed E-state index contributed by atoms with van der Waals surface area (Å²) in [5, 5.41) is 14.3. The van der Waals surface area contributed by atoms with Crippen LogP contribution < -0.4 is 5.32 Å². The van der Waals surface area contributed by atoms with Crippen LogP contribution in [0.3, 0.4) is 0 Å². The number of aliphatic hydroxyl groups is 1. The maximum atomic E-state index is 12.1. The third-order valence-corrected chi connectivity index (χ3v) is 3.53. The lowest BCUT2D eigenvalue weighted by Crippen LogP contribution is -2.20. The number of hydrogen-bond donors (Lipinski definition) is 3. The summed E-state index contributed by atoms with van der Waals surface area (Å²) in [5.41, 5.74) is 2.02. The summed E-state index contributed by atoms with van der Waals surface area (Å²) in [4.78, 5) is 15.2. The molecule has 0 saturated carbocycles. The van der Waals surface area contributed by atoms with Crippen molar-refractivity contribution >= 4 is 34.1 Å². The van der Waals surface area contributed by atoms with Crippen LogP contribution in [0.2, 0.25) is 5.02 Å². The molecule has 1 amide bonds. The number of nitrogens with one attached hydrogen (secondary N) is 2. The molecule has 0 aliphatic rings. The third-order valence-electron chi connectivity index (χ3n) is 3.28. The van der Waals surface area contributed by atoms with Crippen LogP contribution in [-0.2, 0) is 4.79 Å². The monoisotopic (exact) mass is 300 g/mol. The number of hydrogen-bond acceptors (Lipinski definition) is 2. The number of carbonyl (C=O) groups excluding carboxylic acids is 1. The molecule has 21 heavy (non-hydrogen) atoms. The average molecular weight is 301 g/mol. The van der Waals surface area contributed by atoms with Crippen LogP contribution in [-0.4, -0.2) is 16.0 Å². The lowest BCUT2D eigenvalue weighted by atomic mass is 10.1. The number of aliphatic hydroxyl groups excluding tert-OH is 1. The Hall–Kier alpha value is -2.30. The number of benzene rings is 2. The standard InChI is InChI=1S/C16H13ClN2O2/c17-10-5-7-11(8-6-10)19-16(21)15(20)13-9-18-14-4-2-1-3-12(13)14/h1-9,15,18,20H,(H,19,21). The van der Waals surface area contributed by atoms with Crippen molar-refractivity contribution in [3.8, 4) is 0 Å². The van der Waals surface area contributed by atoms with E-state index < -0.39 is 12.0 Å². The molecule has 3 aromatic rings. The van der Waals surface area contributed by atoms with Gasteiger partial charge in [-0.3, -0.25) is 4.79 Å². The number of rotatable bonds is 3. The molecule has 0 fully saturated rings. The van der Waals surface area contributed by atoms with E-state index in [9.17, 15) is 9.90 Å². The molecule has 0 saturated heterocycles. The van der Waals surface area contributed by atoms with E-state index in [1.54, 1.807) is 30.5 Å². The first-order valence-electron chi connectivity index (χ1n) is 6.45. The first-order chi connectivity index (χ1) is 10.1. The van der Waals surface area contributed by atoms with Crippen LogP contribution in [0.5, 0.6) is 0 Å². The lowest BCUT2D eigenvalue weighted by molar-refractivity contribution is -0.124. The molecule has 3 N–H and O–H groups in total. The summed E-state index contributed by atoms with van der Waals surface area (Å²) >= 11 is 5.79. The zero-order valence-corrected chi connectivity index (χ0v) is 11.8. The molecule has 0 aliphatic carbocycles. The van der Waals surface area contributed by atoms with E-state index in [4.69, 9.17) is 11.6 Å². The predicted octanol–water partition coefficient (Wildman–Crippen LogP) is 3.49. The van der Waals surface area contributed by atoms with E-state index >= 15 is 0 Å². The SMILES string of the molecule is O=C(Nc1ccc(Cl)cc1)C(O)c1c[nH]c2ccccc12. The van der Waals surface area contributed by atoms with Crippen molar-refractivity contribution in [1.82, 2.24) is 4.98 Å². The highest BCUT2D eigenvalue weighted by molar-refractivity contribution is 6.30. The number of aromatic amines is 1. The van der Waals surface area contributed by atoms with Crippen LogP contribution in [0, 0.1) is 0 Å². The van der Waals surface area contributed by atoms with Crippen LogP contribution in [0.1, 0.15) is 11.7 Å². The first kappa shape index (κ1) is 13.7. The van der Waals surface area contributed by atoms with Gasteiger partial charge in [0.15, 0.2) is 6.10 Å². The smallest absolute Gasteiger partial charge is 0.257 e. The topological polar surface area (TPSA) is 65.1 Å². The molecule has 1 atom stereocenters. The van der Waals surface area contributed by atoms with Crippen molar-refractivity contribution in [2.75, 3.05) is 5.32 Å². The number of para-hydroxylation sites is 1. The highest BCUT2D eigenvalue weighted by Gasteiger charge is 2.20. The summed E-state index contributed by atoms with van der Waals surface area (Å²) in [6, 6.07) is 14.2. The van der Waals surface area contributed by atoms with Gasteiger partial charge in [-0.1, -0.05) is 29.8 Å². The summed E-state index contributed by atoms with van der Waals surface area (Å²) in [7, 11) is 0. The van der Waals surface area contributed by atoms with E-state index in [-0.39, 0.29) is 0 Å². The minimum absolute atomic E-state index is 0.484. The Labute approximate surface area is 126 Å². The van der Waals surface area contributed by atoms with Gasteiger partial charge in [0.2, 0.25) is 0 Å².